The minimum absolute atomic E-state index is 1.19. The smallest absolute Gasteiger partial charge is 0.00454 e. The molecule has 1 rings (SSSR count). The van der Waals surface area contributed by atoms with Gasteiger partial charge in [0.05, 0.1) is 0 Å². The van der Waals surface area contributed by atoms with E-state index in [1.54, 1.807) is 0 Å². The minimum Gasteiger partial charge on any atom is -0.145 e. The predicted molar refractivity (Wildman–Crippen MR) is 43.1 cm³/mol. The molecule has 0 N–H and O–H groups in total. The predicted octanol–water partition coefficient (Wildman–Crippen LogP) is 2.87. The molecule has 0 aliphatic carbocycles. The highest BCUT2D eigenvalue weighted by Gasteiger charge is 1.93. The van der Waals surface area contributed by atoms with Crippen molar-refractivity contribution >= 4 is 11.3 Å². The maximum atomic E-state index is 2.23. The van der Waals surface area contributed by atoms with Gasteiger partial charge in [-0.1, -0.05) is 13.8 Å². The topological polar surface area (TPSA) is 0 Å². The van der Waals surface area contributed by atoms with Crippen LogP contribution < -0.4 is 0 Å². The van der Waals surface area contributed by atoms with Crippen molar-refractivity contribution in [2.24, 2.45) is 0 Å². The van der Waals surface area contributed by atoms with Crippen molar-refractivity contribution in [1.29, 1.82) is 0 Å². The van der Waals surface area contributed by atoms with E-state index in [0.29, 0.717) is 0 Å². The number of hydrogen-bond acceptors (Lipinski definition) is 1. The highest BCUT2D eigenvalue weighted by Crippen LogP contribution is 2.16. The Kier molecular flexibility index (Phi) is 2.29. The van der Waals surface area contributed by atoms with Crippen molar-refractivity contribution in [3.05, 3.63) is 21.9 Å². The zero-order valence-electron chi connectivity index (χ0n) is 5.98. The molecule has 0 nitrogen and oxygen atoms in total. The van der Waals surface area contributed by atoms with E-state index in [4.69, 9.17) is 0 Å². The number of aryl methyl sites for hydroxylation is 2. The molecule has 0 aliphatic rings. The lowest BCUT2D eigenvalue weighted by molar-refractivity contribution is 1.18. The molecule has 1 heterocycles. The Bertz CT molecular complexity index is 158. The number of thiophene rings is 1. The molecule has 1 aromatic heterocycles. The minimum atomic E-state index is 1.19. The molecule has 0 amide bonds. The van der Waals surface area contributed by atoms with E-state index < -0.39 is 0 Å². The first-order valence-corrected chi connectivity index (χ1v) is 4.26. The van der Waals surface area contributed by atoms with Crippen LogP contribution in [0.2, 0.25) is 0 Å². The average molecular weight is 140 g/mol. The quantitative estimate of drug-likeness (QED) is 0.592. The molecule has 0 bridgehead atoms. The van der Waals surface area contributed by atoms with Gasteiger partial charge in [0.2, 0.25) is 0 Å². The van der Waals surface area contributed by atoms with Gasteiger partial charge >= 0.3 is 0 Å². The summed E-state index contributed by atoms with van der Waals surface area (Å²) in [5.41, 5.74) is 0. The summed E-state index contributed by atoms with van der Waals surface area (Å²) in [6, 6.07) is 4.45. The zero-order chi connectivity index (χ0) is 6.69. The van der Waals surface area contributed by atoms with Crippen LogP contribution >= 0.6 is 11.3 Å². The molecule has 0 atom stereocenters. The van der Waals surface area contributed by atoms with Crippen LogP contribution in [0.15, 0.2) is 12.1 Å². The molecular formula is C8H12S. The molecule has 0 fully saturated rings. The fraction of sp³-hybridized carbons (Fsp3) is 0.500. The van der Waals surface area contributed by atoms with Crippen LogP contribution in [0.25, 0.3) is 0 Å². The lowest BCUT2D eigenvalue weighted by Gasteiger charge is -1.84. The van der Waals surface area contributed by atoms with Crippen LogP contribution in [0.1, 0.15) is 23.6 Å². The molecule has 0 saturated heterocycles. The lowest BCUT2D eigenvalue weighted by atomic mass is 10.3. The Morgan fingerprint density at radius 1 is 1.11 bits per heavy atom. The summed E-state index contributed by atoms with van der Waals surface area (Å²) < 4.78 is 0. The largest absolute Gasteiger partial charge is 0.145 e. The van der Waals surface area contributed by atoms with Crippen LogP contribution in [-0.2, 0) is 12.8 Å². The molecular weight excluding hydrogens is 128 g/mol. The van der Waals surface area contributed by atoms with Gasteiger partial charge in [-0.25, -0.2) is 0 Å². The summed E-state index contributed by atoms with van der Waals surface area (Å²) in [4.78, 5) is 3.01. The highest BCUT2D eigenvalue weighted by atomic mass is 32.1. The van der Waals surface area contributed by atoms with E-state index in [1.165, 1.54) is 22.6 Å². The second-order valence-corrected chi connectivity index (χ2v) is 3.33. The summed E-state index contributed by atoms with van der Waals surface area (Å²) in [6.07, 6.45) is 2.37. The summed E-state index contributed by atoms with van der Waals surface area (Å²) >= 11 is 1.93. The summed E-state index contributed by atoms with van der Waals surface area (Å²) in [5, 5.41) is 0. The number of hydrogen-bond donors (Lipinski definition) is 0. The second kappa shape index (κ2) is 3.02. The van der Waals surface area contributed by atoms with Gasteiger partial charge in [0.25, 0.3) is 0 Å². The lowest BCUT2D eigenvalue weighted by Crippen LogP contribution is -1.65. The molecule has 50 valence electrons. The van der Waals surface area contributed by atoms with Gasteiger partial charge in [0.15, 0.2) is 0 Å². The van der Waals surface area contributed by atoms with E-state index >= 15 is 0 Å². The van der Waals surface area contributed by atoms with Gasteiger partial charge in [-0.05, 0) is 25.0 Å². The van der Waals surface area contributed by atoms with Crippen molar-refractivity contribution in [3.63, 3.8) is 0 Å². The molecule has 9 heavy (non-hydrogen) atoms. The molecule has 1 aromatic rings. The molecule has 0 aliphatic heterocycles. The first-order valence-electron chi connectivity index (χ1n) is 3.44. The van der Waals surface area contributed by atoms with Crippen molar-refractivity contribution in [2.45, 2.75) is 26.7 Å². The van der Waals surface area contributed by atoms with Crippen molar-refractivity contribution in [3.8, 4) is 0 Å². The van der Waals surface area contributed by atoms with E-state index in [1.807, 2.05) is 11.3 Å². The van der Waals surface area contributed by atoms with Crippen LogP contribution in [-0.4, -0.2) is 0 Å². The first-order chi connectivity index (χ1) is 4.36. The Morgan fingerprint density at radius 3 is 1.78 bits per heavy atom. The van der Waals surface area contributed by atoms with E-state index in [-0.39, 0.29) is 0 Å². The highest BCUT2D eigenvalue weighted by molar-refractivity contribution is 7.11. The van der Waals surface area contributed by atoms with Gasteiger partial charge in [0, 0.05) is 9.75 Å². The average Bonchev–Trinajstić information content (AvgIpc) is 2.34. The molecule has 0 spiro atoms. The third kappa shape index (κ3) is 1.55. The van der Waals surface area contributed by atoms with Crippen LogP contribution in [0.4, 0.5) is 0 Å². The molecule has 0 saturated carbocycles. The van der Waals surface area contributed by atoms with E-state index in [2.05, 4.69) is 26.0 Å². The van der Waals surface area contributed by atoms with Gasteiger partial charge in [-0.15, -0.1) is 11.3 Å². The zero-order valence-corrected chi connectivity index (χ0v) is 6.79. The van der Waals surface area contributed by atoms with E-state index in [0.717, 1.165) is 0 Å². The van der Waals surface area contributed by atoms with Crippen molar-refractivity contribution < 1.29 is 0 Å². The van der Waals surface area contributed by atoms with Crippen molar-refractivity contribution in [1.82, 2.24) is 0 Å². The van der Waals surface area contributed by atoms with Gasteiger partial charge in [-0.3, -0.25) is 0 Å². The standard InChI is InChI=1S/C8H12S/c1-3-7-5-6-8(4-2)9-7/h5-6H,3-4H2,1-2H3. The maximum absolute atomic E-state index is 2.23. The van der Waals surface area contributed by atoms with Gasteiger partial charge in [-0.2, -0.15) is 0 Å². The maximum Gasteiger partial charge on any atom is 0.00454 e. The molecule has 1 heteroatoms. The van der Waals surface area contributed by atoms with Crippen molar-refractivity contribution in [2.75, 3.05) is 0 Å². The Hall–Kier alpha value is -0.300. The second-order valence-electron chi connectivity index (χ2n) is 2.08. The van der Waals surface area contributed by atoms with Crippen LogP contribution in [0, 0.1) is 0 Å². The Balaban J connectivity index is 2.74. The first kappa shape index (κ1) is 6.81. The summed E-state index contributed by atoms with van der Waals surface area (Å²) in [7, 11) is 0. The summed E-state index contributed by atoms with van der Waals surface area (Å²) in [5.74, 6) is 0. The normalized spacial score (nSPS) is 10.0. The summed E-state index contributed by atoms with van der Waals surface area (Å²) in [6.45, 7) is 4.40. The van der Waals surface area contributed by atoms with Gasteiger partial charge < -0.3 is 0 Å². The Labute approximate surface area is 60.5 Å². The number of rotatable bonds is 2. The Morgan fingerprint density at radius 2 is 1.56 bits per heavy atom. The third-order valence-corrected chi connectivity index (χ3v) is 2.79. The SMILES string of the molecule is CCc1ccc(CC)s1. The van der Waals surface area contributed by atoms with Crippen LogP contribution in [0.3, 0.4) is 0 Å². The third-order valence-electron chi connectivity index (χ3n) is 1.41. The fourth-order valence-corrected chi connectivity index (χ4v) is 1.70. The molecule has 0 radical (unpaired) electrons. The van der Waals surface area contributed by atoms with Gasteiger partial charge in [0.1, 0.15) is 0 Å². The molecule has 0 unspecified atom stereocenters. The monoisotopic (exact) mass is 140 g/mol. The molecule has 0 aromatic carbocycles. The van der Waals surface area contributed by atoms with Crippen LogP contribution in [0.5, 0.6) is 0 Å². The fourth-order valence-electron chi connectivity index (χ4n) is 0.802. The van der Waals surface area contributed by atoms with E-state index in [9.17, 15) is 0 Å².